The van der Waals surface area contributed by atoms with Crippen LogP contribution < -0.4 is 15.9 Å². The molecule has 0 radical (unpaired) electrons. The number of hydrogen-bond acceptors (Lipinski definition) is 5. The smallest absolute Gasteiger partial charge is 0.331 e. The average molecular weight is 654 g/mol. The lowest BCUT2D eigenvalue weighted by Gasteiger charge is -2.28. The second kappa shape index (κ2) is 16.0. The quantitative estimate of drug-likeness (QED) is 0.130. The first-order chi connectivity index (χ1) is 19.8. The first kappa shape index (κ1) is 32.0. The van der Waals surface area contributed by atoms with Crippen LogP contribution in [0.1, 0.15) is 19.4 Å². The molecule has 0 aliphatic heterocycles. The fourth-order valence-corrected chi connectivity index (χ4v) is 8.51. The third kappa shape index (κ3) is 8.71. The van der Waals surface area contributed by atoms with E-state index in [1.165, 1.54) is 6.08 Å². The van der Waals surface area contributed by atoms with E-state index in [1.54, 1.807) is 30.9 Å². The molecule has 0 saturated heterocycles. The van der Waals surface area contributed by atoms with Crippen LogP contribution in [0.15, 0.2) is 114 Å². The maximum atomic E-state index is 12.5. The van der Waals surface area contributed by atoms with Crippen molar-refractivity contribution >= 4 is 74.1 Å². The summed E-state index contributed by atoms with van der Waals surface area (Å²) in [5, 5.41) is 13.0. The Labute approximate surface area is 254 Å². The fraction of sp³-hybridized carbons (Fsp3) is 0.121. The van der Waals surface area contributed by atoms with E-state index in [4.69, 9.17) is 21.1 Å². The molecule has 0 amide bonds. The highest BCUT2D eigenvalue weighted by Crippen LogP contribution is 2.43. The van der Waals surface area contributed by atoms with E-state index in [-0.39, 0.29) is 16.7 Å². The van der Waals surface area contributed by atoms with E-state index in [9.17, 15) is 14.7 Å². The molecule has 0 aliphatic rings. The van der Waals surface area contributed by atoms with Crippen molar-refractivity contribution in [3.63, 3.8) is 0 Å². The highest BCUT2D eigenvalue weighted by molar-refractivity contribution is 9.10. The minimum absolute atomic E-state index is 0.0186. The van der Waals surface area contributed by atoms with Crippen LogP contribution in [0.3, 0.4) is 0 Å². The summed E-state index contributed by atoms with van der Waals surface area (Å²) in [7, 11) is 0. The lowest BCUT2D eigenvalue weighted by molar-refractivity contribution is -0.137. The highest BCUT2D eigenvalue weighted by atomic mass is 79.9. The average Bonchev–Trinajstić information content (AvgIpc) is 2.99. The molecule has 0 heterocycles. The number of benzene rings is 4. The molecule has 0 atom stereocenters. The number of carbonyl (C=O) groups is 2. The summed E-state index contributed by atoms with van der Waals surface area (Å²) in [6.45, 7) is 2.04. The van der Waals surface area contributed by atoms with Crippen molar-refractivity contribution in [1.29, 1.82) is 0 Å². The van der Waals surface area contributed by atoms with Gasteiger partial charge in [-0.05, 0) is 76.3 Å². The molecule has 0 aromatic heterocycles. The lowest BCUT2D eigenvalue weighted by Crippen LogP contribution is -2.29. The maximum absolute atomic E-state index is 12.5. The first-order valence-corrected chi connectivity index (χ1v) is 16.0. The van der Waals surface area contributed by atoms with Crippen molar-refractivity contribution in [1.82, 2.24) is 0 Å². The van der Waals surface area contributed by atoms with E-state index in [2.05, 4.69) is 52.3 Å². The number of esters is 2. The van der Waals surface area contributed by atoms with Crippen LogP contribution in [-0.4, -0.2) is 36.1 Å². The van der Waals surface area contributed by atoms with Crippen molar-refractivity contribution in [2.24, 2.45) is 0 Å². The van der Waals surface area contributed by atoms with Crippen LogP contribution in [0, 0.1) is 0 Å². The maximum Gasteiger partial charge on any atom is 0.331 e. The van der Waals surface area contributed by atoms with Gasteiger partial charge in [-0.15, -0.1) is 0 Å². The highest BCUT2D eigenvalue weighted by Gasteiger charge is 2.26. The molecule has 0 bridgehead atoms. The van der Waals surface area contributed by atoms with Gasteiger partial charge in [-0.1, -0.05) is 103 Å². The summed E-state index contributed by atoms with van der Waals surface area (Å²) >= 11 is 8.92. The van der Waals surface area contributed by atoms with Gasteiger partial charge in [0.25, 0.3) is 0 Å². The van der Waals surface area contributed by atoms with E-state index in [1.807, 2.05) is 61.5 Å². The van der Waals surface area contributed by atoms with Crippen LogP contribution in [0.5, 0.6) is 5.75 Å². The van der Waals surface area contributed by atoms with Gasteiger partial charge in [-0.25, -0.2) is 9.59 Å². The summed E-state index contributed by atoms with van der Waals surface area (Å²) < 4.78 is 10.5. The Morgan fingerprint density at radius 2 is 1.22 bits per heavy atom. The second-order valence-corrected chi connectivity index (χ2v) is 13.0. The number of phenols is 1. The van der Waals surface area contributed by atoms with Gasteiger partial charge in [0, 0.05) is 11.9 Å². The third-order valence-electron chi connectivity index (χ3n) is 5.81. The molecule has 4 rings (SSSR count). The molecule has 0 saturated carbocycles. The largest absolute Gasteiger partial charge is 0.505 e. The van der Waals surface area contributed by atoms with E-state index in [0.29, 0.717) is 23.2 Å². The Balaban J connectivity index is 0.000000250. The van der Waals surface area contributed by atoms with Crippen molar-refractivity contribution < 1.29 is 24.2 Å². The van der Waals surface area contributed by atoms with E-state index < -0.39 is 12.9 Å². The van der Waals surface area contributed by atoms with Crippen LogP contribution in [0.2, 0.25) is 5.02 Å². The van der Waals surface area contributed by atoms with Crippen LogP contribution in [0.4, 0.5) is 0 Å². The second-order valence-electron chi connectivity index (χ2n) is 8.53. The lowest BCUT2D eigenvalue weighted by atomic mass is 10.2. The minimum Gasteiger partial charge on any atom is -0.505 e. The number of hydrogen-bond donors (Lipinski definition) is 1. The topological polar surface area (TPSA) is 72.8 Å². The molecule has 0 fully saturated rings. The number of phenolic OH excluding ortho intramolecular Hbond substituents is 1. The number of halogens is 2. The monoisotopic (exact) mass is 652 g/mol. The molecule has 4 aromatic carbocycles. The molecule has 5 nitrogen and oxygen atoms in total. The van der Waals surface area contributed by atoms with Crippen LogP contribution >= 0.6 is 34.4 Å². The molecule has 0 aliphatic carbocycles. The standard InChI is InChI=1S/C22H21O2P.C11H10BrClO3/c1-2-24-22(23)18-25(19-12-6-3-7-13-19,20-14-8-4-9-15-20)21-16-10-5-11-17-21;1-2-16-10(14)4-3-7-5-8(12)11(15)9(13)6-7/h3-18H,2H2,1H3;3-6,15H,2H2,1H3/b;4-3+. The van der Waals surface area contributed by atoms with E-state index in [0.717, 1.165) is 15.9 Å². The predicted molar refractivity (Wildman–Crippen MR) is 174 cm³/mol. The Morgan fingerprint density at radius 1 is 0.780 bits per heavy atom. The van der Waals surface area contributed by atoms with Gasteiger partial charge in [0.05, 0.1) is 22.7 Å². The molecule has 8 heteroatoms. The molecular weight excluding hydrogens is 623 g/mol. The summed E-state index contributed by atoms with van der Waals surface area (Å²) in [6.07, 6.45) is 2.87. The van der Waals surface area contributed by atoms with Gasteiger partial charge in [-0.2, -0.15) is 0 Å². The van der Waals surface area contributed by atoms with Gasteiger partial charge in [0.2, 0.25) is 0 Å². The molecule has 4 aromatic rings. The van der Waals surface area contributed by atoms with Crippen molar-refractivity contribution in [3.05, 3.63) is 124 Å². The summed E-state index contributed by atoms with van der Waals surface area (Å²) in [5.74, 6) is 1.10. The van der Waals surface area contributed by atoms with Crippen molar-refractivity contribution in [3.8, 4) is 5.75 Å². The normalized spacial score (nSPS) is 10.8. The Hall–Kier alpha value is -3.57. The van der Waals surface area contributed by atoms with Gasteiger partial charge in [0.15, 0.2) is 0 Å². The van der Waals surface area contributed by atoms with E-state index >= 15 is 0 Å². The fourth-order valence-electron chi connectivity index (χ4n) is 4.03. The number of ether oxygens (including phenoxy) is 2. The molecule has 1 N–H and O–H groups in total. The number of aromatic hydroxyl groups is 1. The Morgan fingerprint density at radius 3 is 1.63 bits per heavy atom. The van der Waals surface area contributed by atoms with Gasteiger partial charge < -0.3 is 14.6 Å². The first-order valence-electron chi connectivity index (χ1n) is 12.9. The molecule has 212 valence electrons. The molecule has 41 heavy (non-hydrogen) atoms. The van der Waals surface area contributed by atoms with Gasteiger partial charge in [0.1, 0.15) is 5.75 Å². The van der Waals surface area contributed by atoms with Crippen molar-refractivity contribution in [2.75, 3.05) is 13.2 Å². The zero-order chi connectivity index (χ0) is 29.7. The zero-order valence-corrected chi connectivity index (χ0v) is 26.0. The SMILES string of the molecule is CCOC(=O)/C=C/c1cc(Cl)c(O)c(Br)c1.CCOC(=O)C=P(c1ccccc1)(c1ccccc1)c1ccccc1. The zero-order valence-electron chi connectivity index (χ0n) is 22.7. The summed E-state index contributed by atoms with van der Waals surface area (Å²) in [4.78, 5) is 23.6. The van der Waals surface area contributed by atoms with Gasteiger partial charge in [-0.3, -0.25) is 0 Å². The third-order valence-corrected chi connectivity index (χ3v) is 10.6. The Kier molecular flexibility index (Phi) is 12.5. The van der Waals surface area contributed by atoms with Gasteiger partial charge >= 0.3 is 11.9 Å². The van der Waals surface area contributed by atoms with Crippen molar-refractivity contribution in [2.45, 2.75) is 13.8 Å². The molecular formula is C33H31BrClO5P. The summed E-state index contributed by atoms with van der Waals surface area (Å²) in [6, 6.07) is 33.9. The Bertz CT molecular complexity index is 1400. The minimum atomic E-state index is -2.24. The number of rotatable bonds is 8. The summed E-state index contributed by atoms with van der Waals surface area (Å²) in [5.41, 5.74) is 0.697. The van der Waals surface area contributed by atoms with Crippen LogP contribution in [0.25, 0.3) is 6.08 Å². The van der Waals surface area contributed by atoms with Crippen LogP contribution in [-0.2, 0) is 19.1 Å². The number of carbonyl (C=O) groups excluding carboxylic acids is 2. The molecule has 0 spiro atoms. The molecule has 0 unspecified atom stereocenters. The predicted octanol–water partition coefficient (Wildman–Crippen LogP) is 6.73.